The summed E-state index contributed by atoms with van der Waals surface area (Å²) in [4.78, 5) is 27.3. The summed E-state index contributed by atoms with van der Waals surface area (Å²) in [6.07, 6.45) is 0.340. The standard InChI is InChI=1S/C22H24N4O4/c1-14(15-7-5-4-6-8-15)23-20(27)12-10-17-22(28)24-21(26-25-17)16-9-11-18(29-2)19(13-16)30-3/h4-9,11,13-14H,10,12H2,1-3H3,(H,23,27)(H,24,26,28)/t14-/m0/s1. The fourth-order valence-corrected chi connectivity index (χ4v) is 3.01. The number of aryl methyl sites for hydroxylation is 1. The zero-order valence-electron chi connectivity index (χ0n) is 17.1. The van der Waals surface area contributed by atoms with Crippen LogP contribution in [-0.2, 0) is 11.2 Å². The number of benzene rings is 2. The summed E-state index contributed by atoms with van der Waals surface area (Å²) < 4.78 is 10.5. The summed E-state index contributed by atoms with van der Waals surface area (Å²) >= 11 is 0. The lowest BCUT2D eigenvalue weighted by Gasteiger charge is -2.14. The van der Waals surface area contributed by atoms with E-state index < -0.39 is 0 Å². The Kier molecular flexibility index (Phi) is 6.79. The quantitative estimate of drug-likeness (QED) is 0.594. The number of nitrogens with zero attached hydrogens (tertiary/aromatic N) is 2. The summed E-state index contributed by atoms with van der Waals surface area (Å²) in [6.45, 7) is 1.91. The number of methoxy groups -OCH3 is 2. The molecule has 8 heteroatoms. The average Bonchev–Trinajstić information content (AvgIpc) is 2.78. The molecule has 0 bridgehead atoms. The van der Waals surface area contributed by atoms with Crippen molar-refractivity contribution >= 4 is 5.91 Å². The highest BCUT2D eigenvalue weighted by Gasteiger charge is 2.13. The molecular formula is C22H24N4O4. The second kappa shape index (κ2) is 9.69. The van der Waals surface area contributed by atoms with E-state index in [4.69, 9.17) is 9.47 Å². The van der Waals surface area contributed by atoms with E-state index >= 15 is 0 Å². The van der Waals surface area contributed by atoms with Gasteiger partial charge in [-0.3, -0.25) is 9.59 Å². The molecule has 0 aliphatic carbocycles. The zero-order valence-corrected chi connectivity index (χ0v) is 17.1. The third-order valence-electron chi connectivity index (χ3n) is 4.69. The van der Waals surface area contributed by atoms with E-state index in [0.29, 0.717) is 22.9 Å². The van der Waals surface area contributed by atoms with Crippen molar-refractivity contribution in [2.45, 2.75) is 25.8 Å². The summed E-state index contributed by atoms with van der Waals surface area (Å²) in [5, 5.41) is 11.0. The number of carbonyl (C=O) groups excluding carboxylic acids is 1. The molecule has 0 fully saturated rings. The molecule has 3 aromatic rings. The second-order valence-electron chi connectivity index (χ2n) is 6.72. The van der Waals surface area contributed by atoms with E-state index in [2.05, 4.69) is 20.5 Å². The molecule has 0 saturated heterocycles. The summed E-state index contributed by atoms with van der Waals surface area (Å²) in [5.74, 6) is 1.25. The first kappa shape index (κ1) is 21.0. The van der Waals surface area contributed by atoms with Gasteiger partial charge in [-0.15, -0.1) is 10.2 Å². The van der Waals surface area contributed by atoms with Gasteiger partial charge in [0, 0.05) is 18.4 Å². The van der Waals surface area contributed by atoms with E-state index in [-0.39, 0.29) is 36.0 Å². The highest BCUT2D eigenvalue weighted by Crippen LogP contribution is 2.30. The normalized spacial score (nSPS) is 11.6. The molecule has 0 aliphatic heterocycles. The SMILES string of the molecule is COc1ccc(-c2nnc(CCC(=O)N[C@@H](C)c3ccccc3)c(=O)[nH]2)cc1OC. The van der Waals surface area contributed by atoms with Crippen LogP contribution in [0.25, 0.3) is 11.4 Å². The maximum atomic E-state index is 12.4. The van der Waals surface area contributed by atoms with E-state index in [0.717, 1.165) is 5.56 Å². The van der Waals surface area contributed by atoms with Crippen molar-refractivity contribution in [2.75, 3.05) is 14.2 Å². The number of ether oxygens (including phenoxy) is 2. The lowest BCUT2D eigenvalue weighted by molar-refractivity contribution is -0.121. The Morgan fingerprint density at radius 3 is 2.47 bits per heavy atom. The molecule has 1 amide bonds. The summed E-state index contributed by atoms with van der Waals surface area (Å²) in [5.41, 5.74) is 1.49. The van der Waals surface area contributed by atoms with Crippen LogP contribution < -0.4 is 20.3 Å². The van der Waals surface area contributed by atoms with Crippen LogP contribution in [0.2, 0.25) is 0 Å². The van der Waals surface area contributed by atoms with Gasteiger partial charge < -0.3 is 19.8 Å². The molecule has 2 N–H and O–H groups in total. The smallest absolute Gasteiger partial charge is 0.273 e. The molecule has 0 unspecified atom stereocenters. The summed E-state index contributed by atoms with van der Waals surface area (Å²) in [7, 11) is 3.08. The molecular weight excluding hydrogens is 384 g/mol. The Bertz CT molecular complexity index is 1070. The van der Waals surface area contributed by atoms with Crippen molar-refractivity contribution in [3.8, 4) is 22.9 Å². The van der Waals surface area contributed by atoms with Crippen molar-refractivity contribution < 1.29 is 14.3 Å². The van der Waals surface area contributed by atoms with Crippen molar-refractivity contribution in [3.63, 3.8) is 0 Å². The highest BCUT2D eigenvalue weighted by atomic mass is 16.5. The van der Waals surface area contributed by atoms with E-state index in [9.17, 15) is 9.59 Å². The fourth-order valence-electron chi connectivity index (χ4n) is 3.01. The third-order valence-corrected chi connectivity index (χ3v) is 4.69. The number of nitrogens with one attached hydrogen (secondary N) is 2. The molecule has 0 spiro atoms. The van der Waals surface area contributed by atoms with Crippen LogP contribution in [0.1, 0.15) is 30.6 Å². The molecule has 1 aromatic heterocycles. The molecule has 8 nitrogen and oxygen atoms in total. The van der Waals surface area contributed by atoms with Crippen molar-refractivity contribution in [1.29, 1.82) is 0 Å². The Morgan fingerprint density at radius 2 is 1.80 bits per heavy atom. The van der Waals surface area contributed by atoms with Crippen LogP contribution in [0.15, 0.2) is 53.3 Å². The van der Waals surface area contributed by atoms with Gasteiger partial charge in [0.15, 0.2) is 17.3 Å². The monoisotopic (exact) mass is 408 g/mol. The largest absolute Gasteiger partial charge is 0.493 e. The minimum absolute atomic E-state index is 0.115. The number of H-pyrrole nitrogens is 1. The number of rotatable bonds is 8. The molecule has 156 valence electrons. The first-order chi connectivity index (χ1) is 14.5. The van der Waals surface area contributed by atoms with Gasteiger partial charge in [-0.2, -0.15) is 0 Å². The maximum absolute atomic E-state index is 12.4. The lowest BCUT2D eigenvalue weighted by atomic mass is 10.1. The third kappa shape index (κ3) is 5.02. The molecule has 3 rings (SSSR count). The van der Waals surface area contributed by atoms with Crippen molar-refractivity contribution in [2.24, 2.45) is 0 Å². The van der Waals surface area contributed by atoms with Gasteiger partial charge >= 0.3 is 0 Å². The number of amides is 1. The van der Waals surface area contributed by atoms with Gasteiger partial charge in [0.05, 0.1) is 20.3 Å². The molecule has 1 atom stereocenters. The Balaban J connectivity index is 1.64. The minimum atomic E-state index is -0.376. The second-order valence-corrected chi connectivity index (χ2v) is 6.72. The average molecular weight is 408 g/mol. The zero-order chi connectivity index (χ0) is 21.5. The van der Waals surface area contributed by atoms with Crippen LogP contribution in [0.5, 0.6) is 11.5 Å². The van der Waals surface area contributed by atoms with Crippen molar-refractivity contribution in [3.05, 3.63) is 70.1 Å². The van der Waals surface area contributed by atoms with Gasteiger partial charge in [0.1, 0.15) is 5.69 Å². The molecule has 2 aromatic carbocycles. The number of aromatic nitrogens is 3. The van der Waals surface area contributed by atoms with Gasteiger partial charge in [-0.05, 0) is 30.7 Å². The minimum Gasteiger partial charge on any atom is -0.493 e. The van der Waals surface area contributed by atoms with Crippen LogP contribution in [0, 0.1) is 0 Å². The number of carbonyl (C=O) groups is 1. The van der Waals surface area contributed by atoms with Gasteiger partial charge in [0.2, 0.25) is 5.91 Å². The Hall–Kier alpha value is -3.68. The number of hydrogen-bond donors (Lipinski definition) is 2. The predicted octanol–water partition coefficient (Wildman–Crippen LogP) is 2.66. The van der Waals surface area contributed by atoms with Crippen molar-refractivity contribution in [1.82, 2.24) is 20.5 Å². The first-order valence-electron chi connectivity index (χ1n) is 9.54. The molecule has 30 heavy (non-hydrogen) atoms. The fraction of sp³-hybridized carbons (Fsp3) is 0.273. The van der Waals surface area contributed by atoms with Crippen LogP contribution in [0.4, 0.5) is 0 Å². The van der Waals surface area contributed by atoms with E-state index in [1.165, 1.54) is 7.11 Å². The predicted molar refractivity (Wildman–Crippen MR) is 113 cm³/mol. The summed E-state index contributed by atoms with van der Waals surface area (Å²) in [6, 6.07) is 14.7. The van der Waals surface area contributed by atoms with E-state index in [1.807, 2.05) is 37.3 Å². The van der Waals surface area contributed by atoms with E-state index in [1.54, 1.807) is 25.3 Å². The van der Waals surface area contributed by atoms with Crippen LogP contribution in [-0.4, -0.2) is 35.3 Å². The molecule has 0 radical (unpaired) electrons. The first-order valence-corrected chi connectivity index (χ1v) is 9.54. The Morgan fingerprint density at radius 1 is 1.07 bits per heavy atom. The topological polar surface area (TPSA) is 106 Å². The molecule has 0 saturated carbocycles. The van der Waals surface area contributed by atoms with Gasteiger partial charge in [-0.1, -0.05) is 30.3 Å². The Labute approximate surface area is 174 Å². The van der Waals surface area contributed by atoms with Gasteiger partial charge in [-0.25, -0.2) is 0 Å². The van der Waals surface area contributed by atoms with Crippen LogP contribution >= 0.6 is 0 Å². The maximum Gasteiger partial charge on any atom is 0.273 e. The number of hydrogen-bond acceptors (Lipinski definition) is 6. The highest BCUT2D eigenvalue weighted by molar-refractivity contribution is 5.76. The molecule has 0 aliphatic rings. The lowest BCUT2D eigenvalue weighted by Crippen LogP contribution is -2.28. The number of aromatic amines is 1. The molecule has 1 heterocycles. The van der Waals surface area contributed by atoms with Gasteiger partial charge in [0.25, 0.3) is 5.56 Å². The van der Waals surface area contributed by atoms with Crippen LogP contribution in [0.3, 0.4) is 0 Å².